The zero-order valence-electron chi connectivity index (χ0n) is 13.2. The molecular weight excluding hydrogens is 246 g/mol. The van der Waals surface area contributed by atoms with Gasteiger partial charge in [0.2, 0.25) is 0 Å². The SMILES string of the molecule is CCNC(Cc1cc(C)cc(C)c1)c1cn(C)nc1C. The van der Waals surface area contributed by atoms with Crippen LogP contribution in [0.2, 0.25) is 0 Å². The molecule has 0 aliphatic rings. The number of aromatic nitrogens is 2. The molecule has 1 heterocycles. The van der Waals surface area contributed by atoms with Gasteiger partial charge >= 0.3 is 0 Å². The van der Waals surface area contributed by atoms with E-state index in [1.54, 1.807) is 0 Å². The van der Waals surface area contributed by atoms with Gasteiger partial charge in [-0.2, -0.15) is 5.10 Å². The third-order valence-corrected chi connectivity index (χ3v) is 3.60. The molecule has 0 aliphatic heterocycles. The minimum Gasteiger partial charge on any atom is -0.310 e. The predicted molar refractivity (Wildman–Crippen MR) is 84.0 cm³/mol. The van der Waals surface area contributed by atoms with E-state index in [0.29, 0.717) is 6.04 Å². The minimum absolute atomic E-state index is 0.329. The van der Waals surface area contributed by atoms with Gasteiger partial charge in [-0.05, 0) is 39.3 Å². The Morgan fingerprint density at radius 2 is 1.80 bits per heavy atom. The third-order valence-electron chi connectivity index (χ3n) is 3.60. The molecule has 0 aliphatic carbocycles. The summed E-state index contributed by atoms with van der Waals surface area (Å²) in [5.74, 6) is 0. The van der Waals surface area contributed by atoms with Gasteiger partial charge in [-0.1, -0.05) is 36.2 Å². The molecule has 1 atom stereocenters. The van der Waals surface area contributed by atoms with Crippen molar-refractivity contribution in [2.24, 2.45) is 7.05 Å². The van der Waals surface area contributed by atoms with Gasteiger partial charge < -0.3 is 5.32 Å². The first-order valence-electron chi connectivity index (χ1n) is 7.30. The van der Waals surface area contributed by atoms with E-state index in [9.17, 15) is 0 Å². The fraction of sp³-hybridized carbons (Fsp3) is 0.471. The molecule has 0 saturated carbocycles. The molecule has 3 heteroatoms. The molecule has 108 valence electrons. The number of hydrogen-bond acceptors (Lipinski definition) is 2. The van der Waals surface area contributed by atoms with Crippen LogP contribution in [-0.2, 0) is 13.5 Å². The predicted octanol–water partition coefficient (Wildman–Crippen LogP) is 3.24. The Morgan fingerprint density at radius 3 is 2.30 bits per heavy atom. The maximum Gasteiger partial charge on any atom is 0.0641 e. The number of aryl methyl sites for hydroxylation is 4. The van der Waals surface area contributed by atoms with E-state index in [2.05, 4.69) is 62.5 Å². The van der Waals surface area contributed by atoms with Crippen LogP contribution >= 0.6 is 0 Å². The van der Waals surface area contributed by atoms with Crippen LogP contribution in [0.1, 0.15) is 40.9 Å². The van der Waals surface area contributed by atoms with Crippen molar-refractivity contribution in [3.63, 3.8) is 0 Å². The molecule has 2 rings (SSSR count). The van der Waals surface area contributed by atoms with Crippen LogP contribution in [0.4, 0.5) is 0 Å². The number of nitrogens with zero attached hydrogens (tertiary/aromatic N) is 2. The average Bonchev–Trinajstić information content (AvgIpc) is 2.66. The molecule has 1 unspecified atom stereocenters. The molecule has 3 nitrogen and oxygen atoms in total. The van der Waals surface area contributed by atoms with Crippen molar-refractivity contribution in [2.75, 3.05) is 6.54 Å². The Kier molecular flexibility index (Phi) is 4.61. The van der Waals surface area contributed by atoms with E-state index in [-0.39, 0.29) is 0 Å². The monoisotopic (exact) mass is 271 g/mol. The van der Waals surface area contributed by atoms with Gasteiger partial charge in [0, 0.05) is 24.8 Å². The summed E-state index contributed by atoms with van der Waals surface area (Å²) in [6.07, 6.45) is 3.13. The van der Waals surface area contributed by atoms with Crippen LogP contribution in [0.3, 0.4) is 0 Å². The van der Waals surface area contributed by atoms with Crippen molar-refractivity contribution in [3.8, 4) is 0 Å². The van der Waals surface area contributed by atoms with Crippen molar-refractivity contribution >= 4 is 0 Å². The molecule has 0 radical (unpaired) electrons. The van der Waals surface area contributed by atoms with E-state index < -0.39 is 0 Å². The summed E-state index contributed by atoms with van der Waals surface area (Å²) in [5.41, 5.74) is 6.46. The Balaban J connectivity index is 2.27. The van der Waals surface area contributed by atoms with Crippen LogP contribution in [0.25, 0.3) is 0 Å². The molecule has 0 amide bonds. The van der Waals surface area contributed by atoms with Gasteiger partial charge in [-0.15, -0.1) is 0 Å². The third kappa shape index (κ3) is 3.48. The topological polar surface area (TPSA) is 29.9 Å². The van der Waals surface area contributed by atoms with Crippen molar-refractivity contribution in [1.29, 1.82) is 0 Å². The second kappa shape index (κ2) is 6.23. The molecule has 1 aromatic carbocycles. The fourth-order valence-electron chi connectivity index (χ4n) is 2.92. The van der Waals surface area contributed by atoms with Crippen molar-refractivity contribution in [1.82, 2.24) is 15.1 Å². The summed E-state index contributed by atoms with van der Waals surface area (Å²) in [7, 11) is 1.98. The summed E-state index contributed by atoms with van der Waals surface area (Å²) in [6.45, 7) is 9.52. The largest absolute Gasteiger partial charge is 0.310 e. The second-order valence-electron chi connectivity index (χ2n) is 5.65. The number of hydrogen-bond donors (Lipinski definition) is 1. The van der Waals surface area contributed by atoms with Gasteiger partial charge in [0.1, 0.15) is 0 Å². The van der Waals surface area contributed by atoms with E-state index >= 15 is 0 Å². The molecule has 1 aromatic heterocycles. The van der Waals surface area contributed by atoms with Gasteiger partial charge in [0.25, 0.3) is 0 Å². The van der Waals surface area contributed by atoms with Gasteiger partial charge in [0.15, 0.2) is 0 Å². The number of nitrogens with one attached hydrogen (secondary N) is 1. The Hall–Kier alpha value is -1.61. The molecule has 0 spiro atoms. The molecule has 20 heavy (non-hydrogen) atoms. The lowest BCUT2D eigenvalue weighted by atomic mass is 9.97. The average molecular weight is 271 g/mol. The fourth-order valence-corrected chi connectivity index (χ4v) is 2.92. The van der Waals surface area contributed by atoms with Crippen molar-refractivity contribution in [3.05, 3.63) is 52.3 Å². The minimum atomic E-state index is 0.329. The molecule has 2 aromatic rings. The van der Waals surface area contributed by atoms with Crippen LogP contribution in [-0.4, -0.2) is 16.3 Å². The maximum atomic E-state index is 4.47. The lowest BCUT2D eigenvalue weighted by Gasteiger charge is -2.18. The Labute approximate surface area is 122 Å². The summed E-state index contributed by atoms with van der Waals surface area (Å²) < 4.78 is 1.90. The number of rotatable bonds is 5. The van der Waals surface area contributed by atoms with Crippen LogP contribution in [0, 0.1) is 20.8 Å². The zero-order valence-corrected chi connectivity index (χ0v) is 13.2. The van der Waals surface area contributed by atoms with Crippen LogP contribution < -0.4 is 5.32 Å². The van der Waals surface area contributed by atoms with E-state index in [1.165, 1.54) is 22.3 Å². The second-order valence-corrected chi connectivity index (χ2v) is 5.65. The molecule has 0 saturated heterocycles. The highest BCUT2D eigenvalue weighted by Crippen LogP contribution is 2.22. The summed E-state index contributed by atoms with van der Waals surface area (Å²) >= 11 is 0. The normalized spacial score (nSPS) is 12.7. The molecular formula is C17H25N3. The molecule has 0 fully saturated rings. The maximum absolute atomic E-state index is 4.47. The first-order valence-corrected chi connectivity index (χ1v) is 7.30. The highest BCUT2D eigenvalue weighted by Gasteiger charge is 2.16. The standard InChI is InChI=1S/C17H25N3/c1-6-18-17(16-11-20(5)19-14(16)4)10-15-8-12(2)7-13(3)9-15/h7-9,11,17-18H,6,10H2,1-5H3. The Bertz CT molecular complexity index is 564. The molecule has 1 N–H and O–H groups in total. The highest BCUT2D eigenvalue weighted by atomic mass is 15.3. The van der Waals surface area contributed by atoms with Gasteiger partial charge in [-0.25, -0.2) is 0 Å². The van der Waals surface area contributed by atoms with E-state index in [1.807, 2.05) is 11.7 Å². The van der Waals surface area contributed by atoms with Crippen LogP contribution in [0.5, 0.6) is 0 Å². The summed E-state index contributed by atoms with van der Waals surface area (Å²) in [6, 6.07) is 7.11. The zero-order chi connectivity index (χ0) is 14.7. The summed E-state index contributed by atoms with van der Waals surface area (Å²) in [4.78, 5) is 0. The number of likely N-dealkylation sites (N-methyl/N-ethyl adjacent to an activating group) is 1. The highest BCUT2D eigenvalue weighted by molar-refractivity contribution is 5.31. The van der Waals surface area contributed by atoms with Crippen molar-refractivity contribution < 1.29 is 0 Å². The first kappa shape index (κ1) is 14.8. The smallest absolute Gasteiger partial charge is 0.0641 e. The molecule has 0 bridgehead atoms. The van der Waals surface area contributed by atoms with Crippen molar-refractivity contribution in [2.45, 2.75) is 40.2 Å². The van der Waals surface area contributed by atoms with Gasteiger partial charge in [0.05, 0.1) is 5.69 Å². The number of benzene rings is 1. The summed E-state index contributed by atoms with van der Waals surface area (Å²) in [5, 5.41) is 8.05. The Morgan fingerprint density at radius 1 is 1.15 bits per heavy atom. The lowest BCUT2D eigenvalue weighted by molar-refractivity contribution is 0.547. The van der Waals surface area contributed by atoms with Gasteiger partial charge in [-0.3, -0.25) is 4.68 Å². The van der Waals surface area contributed by atoms with Crippen LogP contribution in [0.15, 0.2) is 24.4 Å². The van der Waals surface area contributed by atoms with E-state index in [4.69, 9.17) is 0 Å². The first-order chi connectivity index (χ1) is 9.49. The van der Waals surface area contributed by atoms with E-state index in [0.717, 1.165) is 18.7 Å². The quantitative estimate of drug-likeness (QED) is 0.904. The lowest BCUT2D eigenvalue weighted by Crippen LogP contribution is -2.23.